The number of aliphatic hydroxyl groups excluding tert-OH is 1. The van der Waals surface area contributed by atoms with Crippen molar-refractivity contribution in [2.75, 3.05) is 19.0 Å². The lowest BCUT2D eigenvalue weighted by molar-refractivity contribution is -0.207. The number of alkyl halides is 3. The maximum atomic E-state index is 13.3. The molecule has 214 valence electrons. The van der Waals surface area contributed by atoms with E-state index in [-0.39, 0.29) is 18.2 Å². The Morgan fingerprint density at radius 3 is 2.38 bits per heavy atom. The first-order valence-electron chi connectivity index (χ1n) is 12.0. The van der Waals surface area contributed by atoms with Gasteiger partial charge in [0.2, 0.25) is 5.95 Å². The molecule has 0 fully saturated rings. The summed E-state index contributed by atoms with van der Waals surface area (Å²) in [5.41, 5.74) is -0.612. The van der Waals surface area contributed by atoms with E-state index < -0.39 is 30.1 Å². The summed E-state index contributed by atoms with van der Waals surface area (Å²) >= 11 is 12.3. The highest BCUT2D eigenvalue weighted by molar-refractivity contribution is 6.32. The normalized spacial score (nSPS) is 13.0. The molecule has 0 aliphatic rings. The second-order valence-corrected chi connectivity index (χ2v) is 10.3. The third-order valence-electron chi connectivity index (χ3n) is 6.01. The first kappa shape index (κ1) is 29.6. The maximum Gasteiger partial charge on any atom is 0.416 e. The van der Waals surface area contributed by atoms with Gasteiger partial charge in [-0.15, -0.1) is 10.2 Å². The van der Waals surface area contributed by atoms with Gasteiger partial charge in [0.1, 0.15) is 6.54 Å². The second-order valence-electron chi connectivity index (χ2n) is 9.47. The molecule has 0 radical (unpaired) electrons. The average molecular weight is 600 g/mol. The highest BCUT2D eigenvalue weighted by Crippen LogP contribution is 2.25. The van der Waals surface area contributed by atoms with Gasteiger partial charge in [0.25, 0.3) is 0 Å². The Bertz CT molecular complexity index is 1530. The smallest absolute Gasteiger partial charge is 0.382 e. The van der Waals surface area contributed by atoms with E-state index in [2.05, 4.69) is 20.5 Å². The Hall–Kier alpha value is -3.39. The van der Waals surface area contributed by atoms with Crippen LogP contribution in [0.5, 0.6) is 0 Å². The molecule has 0 amide bonds. The summed E-state index contributed by atoms with van der Waals surface area (Å²) in [4.78, 5) is 17.7. The molecule has 2 heterocycles. The van der Waals surface area contributed by atoms with Crippen molar-refractivity contribution in [2.24, 2.45) is 0 Å². The fraction of sp³-hybridized carbons (Fsp3) is 0.360. The van der Waals surface area contributed by atoms with Gasteiger partial charge < -0.3 is 15.2 Å². The van der Waals surface area contributed by atoms with Crippen LogP contribution in [-0.4, -0.2) is 65.8 Å². The van der Waals surface area contributed by atoms with Gasteiger partial charge in [-0.1, -0.05) is 35.3 Å². The summed E-state index contributed by atoms with van der Waals surface area (Å²) < 4.78 is 48.1. The number of aromatic nitrogens is 6. The quantitative estimate of drug-likeness (QED) is 0.278. The molecule has 15 heteroatoms. The van der Waals surface area contributed by atoms with Gasteiger partial charge in [-0.2, -0.15) is 22.8 Å². The van der Waals surface area contributed by atoms with E-state index in [9.17, 15) is 23.1 Å². The van der Waals surface area contributed by atoms with E-state index in [1.165, 1.54) is 28.9 Å². The lowest BCUT2D eigenvalue weighted by Crippen LogP contribution is -2.37. The van der Waals surface area contributed by atoms with Crippen molar-refractivity contribution in [2.45, 2.75) is 44.8 Å². The SMILES string of the molecule is COC(C)(C)CNc1nc(Cn2nc(-c3ccc(Cl)cc3)n(C[C@H](O)C(F)(F)F)c2=O)nn1-c1ccccc1Cl. The van der Waals surface area contributed by atoms with E-state index in [1.807, 2.05) is 13.8 Å². The standard InChI is InChI=1S/C25H26Cl2F3N7O3/c1-24(2,40-3)14-31-22-32-20(33-37(22)18-7-5-4-6-17(18)27)13-36-23(39)35(12-19(38)25(28,29)30)21(34-36)15-8-10-16(26)11-9-15/h4-11,19,38H,12-14H2,1-3H3,(H,31,32,33)/t19-/m0/s1. The number of rotatable bonds is 10. The van der Waals surface area contributed by atoms with Gasteiger partial charge in [0, 0.05) is 24.2 Å². The van der Waals surface area contributed by atoms with Crippen molar-refractivity contribution in [1.29, 1.82) is 0 Å². The van der Waals surface area contributed by atoms with Crippen LogP contribution in [0.25, 0.3) is 17.1 Å². The van der Waals surface area contributed by atoms with Crippen LogP contribution >= 0.6 is 23.2 Å². The Labute approximate surface area is 236 Å². The van der Waals surface area contributed by atoms with Crippen LogP contribution in [0.3, 0.4) is 0 Å². The molecule has 0 unspecified atom stereocenters. The fourth-order valence-electron chi connectivity index (χ4n) is 3.62. The molecular formula is C25H26Cl2F3N7O3. The van der Waals surface area contributed by atoms with Crippen LogP contribution in [0.2, 0.25) is 10.0 Å². The summed E-state index contributed by atoms with van der Waals surface area (Å²) in [6.07, 6.45) is -7.73. The van der Waals surface area contributed by atoms with Crippen molar-refractivity contribution in [3.05, 3.63) is 74.9 Å². The number of benzene rings is 2. The average Bonchev–Trinajstić information content (AvgIpc) is 3.44. The lowest BCUT2D eigenvalue weighted by atomic mass is 10.1. The number of anilines is 1. The molecule has 0 spiro atoms. The van der Waals surface area contributed by atoms with Crippen molar-refractivity contribution in [3.63, 3.8) is 0 Å². The number of aliphatic hydroxyl groups is 1. The number of methoxy groups -OCH3 is 1. The number of ether oxygens (including phenoxy) is 1. The third-order valence-corrected chi connectivity index (χ3v) is 6.58. The lowest BCUT2D eigenvalue weighted by Gasteiger charge is -2.23. The molecule has 1 atom stereocenters. The predicted octanol–water partition coefficient (Wildman–Crippen LogP) is 4.41. The van der Waals surface area contributed by atoms with Crippen LogP contribution < -0.4 is 11.0 Å². The van der Waals surface area contributed by atoms with E-state index in [1.54, 1.807) is 31.4 Å². The summed E-state index contributed by atoms with van der Waals surface area (Å²) in [5, 5.41) is 22.4. The van der Waals surface area contributed by atoms with Crippen LogP contribution in [0.1, 0.15) is 19.7 Å². The van der Waals surface area contributed by atoms with Crippen molar-refractivity contribution in [3.8, 4) is 17.1 Å². The maximum absolute atomic E-state index is 13.3. The Morgan fingerprint density at radius 2 is 1.75 bits per heavy atom. The van der Waals surface area contributed by atoms with Gasteiger partial charge in [-0.05, 0) is 50.2 Å². The number of hydrogen-bond acceptors (Lipinski definition) is 7. The fourth-order valence-corrected chi connectivity index (χ4v) is 3.96. The minimum Gasteiger partial charge on any atom is -0.382 e. The molecule has 0 bridgehead atoms. The monoisotopic (exact) mass is 599 g/mol. The van der Waals surface area contributed by atoms with Crippen LogP contribution in [0.4, 0.5) is 19.1 Å². The number of nitrogens with zero attached hydrogens (tertiary/aromatic N) is 6. The Balaban J connectivity index is 1.76. The second kappa shape index (κ2) is 11.6. The first-order chi connectivity index (χ1) is 18.8. The van der Waals surface area contributed by atoms with Crippen LogP contribution in [0, 0.1) is 0 Å². The number of para-hydroxylation sites is 1. The molecule has 2 aromatic heterocycles. The van der Waals surface area contributed by atoms with Crippen LogP contribution in [0.15, 0.2) is 53.3 Å². The number of hydrogen-bond donors (Lipinski definition) is 2. The molecule has 2 aromatic carbocycles. The molecule has 0 saturated heterocycles. The molecule has 10 nitrogen and oxygen atoms in total. The highest BCUT2D eigenvalue weighted by atomic mass is 35.5. The molecule has 0 saturated carbocycles. The summed E-state index contributed by atoms with van der Waals surface area (Å²) in [6.45, 7) is 2.75. The predicted molar refractivity (Wildman–Crippen MR) is 144 cm³/mol. The third kappa shape index (κ3) is 6.66. The first-order valence-corrected chi connectivity index (χ1v) is 12.7. The zero-order chi connectivity index (χ0) is 29.2. The molecule has 4 rings (SSSR count). The zero-order valence-corrected chi connectivity index (χ0v) is 23.2. The molecule has 0 aliphatic heterocycles. The van der Waals surface area contributed by atoms with Gasteiger partial charge in [-0.3, -0.25) is 4.57 Å². The van der Waals surface area contributed by atoms with E-state index >= 15 is 0 Å². The number of nitrogens with one attached hydrogen (secondary N) is 1. The van der Waals surface area contributed by atoms with Crippen molar-refractivity contribution in [1.82, 2.24) is 29.1 Å². The van der Waals surface area contributed by atoms with Crippen molar-refractivity contribution >= 4 is 29.2 Å². The summed E-state index contributed by atoms with van der Waals surface area (Å²) in [6, 6.07) is 13.0. The van der Waals surface area contributed by atoms with Gasteiger partial charge >= 0.3 is 11.9 Å². The molecule has 0 aliphatic carbocycles. The largest absolute Gasteiger partial charge is 0.416 e. The molecule has 40 heavy (non-hydrogen) atoms. The summed E-state index contributed by atoms with van der Waals surface area (Å²) in [5.74, 6) is 0.338. The highest BCUT2D eigenvalue weighted by Gasteiger charge is 2.39. The molecule has 2 N–H and O–H groups in total. The van der Waals surface area contributed by atoms with Crippen molar-refractivity contribution < 1.29 is 23.0 Å². The Morgan fingerprint density at radius 1 is 1.07 bits per heavy atom. The molecular weight excluding hydrogens is 574 g/mol. The van der Waals surface area contributed by atoms with E-state index in [4.69, 9.17) is 27.9 Å². The van der Waals surface area contributed by atoms with E-state index in [0.29, 0.717) is 33.8 Å². The topological polar surface area (TPSA) is 112 Å². The van der Waals surface area contributed by atoms with Gasteiger partial charge in [0.15, 0.2) is 17.8 Å². The van der Waals surface area contributed by atoms with Gasteiger partial charge in [-0.25, -0.2) is 9.48 Å². The minimum atomic E-state index is -4.94. The van der Waals surface area contributed by atoms with Gasteiger partial charge in [0.05, 0.1) is 22.9 Å². The van der Waals surface area contributed by atoms with E-state index in [0.717, 1.165) is 9.25 Å². The molecule has 4 aromatic rings. The summed E-state index contributed by atoms with van der Waals surface area (Å²) in [7, 11) is 1.57. The minimum absolute atomic E-state index is 0.0873. The number of halogens is 5. The van der Waals surface area contributed by atoms with Crippen LogP contribution in [-0.2, 0) is 17.8 Å². The Kier molecular flexibility index (Phi) is 8.59. The zero-order valence-electron chi connectivity index (χ0n) is 21.7.